The minimum absolute atomic E-state index is 0. The van der Waals surface area contributed by atoms with E-state index >= 15 is 0 Å². The van der Waals surface area contributed by atoms with Crippen LogP contribution in [0.15, 0.2) is 23.2 Å². The largest absolute Gasteiger partial charge is 0.370 e. The molecule has 3 aliphatic carbocycles. The van der Waals surface area contributed by atoms with Gasteiger partial charge in [0.2, 0.25) is 0 Å². The lowest BCUT2D eigenvalue weighted by Gasteiger charge is -2.25. The summed E-state index contributed by atoms with van der Waals surface area (Å²) in [6.45, 7) is 0. The predicted molar refractivity (Wildman–Crippen MR) is 98.4 cm³/mol. The second kappa shape index (κ2) is 6.15. The van der Waals surface area contributed by atoms with Gasteiger partial charge in [-0.25, -0.2) is 4.99 Å². The van der Waals surface area contributed by atoms with Crippen LogP contribution in [0.2, 0.25) is 0 Å². The number of hydrogen-bond acceptors (Lipinski definition) is 1. The van der Waals surface area contributed by atoms with Crippen molar-refractivity contribution in [1.29, 1.82) is 0 Å². The number of anilines is 1. The molecule has 21 heavy (non-hydrogen) atoms. The first-order chi connectivity index (χ1) is 9.79. The Morgan fingerprint density at radius 2 is 1.95 bits per heavy atom. The van der Waals surface area contributed by atoms with Crippen molar-refractivity contribution >= 4 is 35.6 Å². The molecule has 114 valence electrons. The zero-order valence-electron chi connectivity index (χ0n) is 12.3. The third-order valence-corrected chi connectivity index (χ3v) is 5.24. The van der Waals surface area contributed by atoms with Gasteiger partial charge in [-0.1, -0.05) is 25.3 Å². The van der Waals surface area contributed by atoms with Crippen molar-refractivity contribution in [2.45, 2.75) is 51.0 Å². The minimum atomic E-state index is 0. The first kappa shape index (κ1) is 15.1. The van der Waals surface area contributed by atoms with Crippen molar-refractivity contribution in [3.63, 3.8) is 0 Å². The fourth-order valence-corrected chi connectivity index (χ4v) is 3.73. The number of hydrogen-bond donors (Lipinski definition) is 2. The van der Waals surface area contributed by atoms with E-state index in [1.165, 1.54) is 56.1 Å². The number of halogens is 1. The van der Waals surface area contributed by atoms with Crippen LogP contribution < -0.4 is 11.1 Å². The molecule has 0 aromatic heterocycles. The van der Waals surface area contributed by atoms with Gasteiger partial charge in [-0.2, -0.15) is 0 Å². The lowest BCUT2D eigenvalue weighted by molar-refractivity contribution is 0.274. The number of nitrogens with two attached hydrogens (primary N) is 1. The summed E-state index contributed by atoms with van der Waals surface area (Å²) < 4.78 is 0. The molecule has 2 saturated carbocycles. The number of aliphatic imine (C=N–C) groups is 1. The minimum Gasteiger partial charge on any atom is -0.370 e. The average molecular weight is 397 g/mol. The van der Waals surface area contributed by atoms with E-state index in [4.69, 9.17) is 5.73 Å². The van der Waals surface area contributed by atoms with Crippen molar-refractivity contribution in [1.82, 2.24) is 0 Å². The number of nitrogens with zero attached hydrogens (tertiary/aromatic N) is 1. The summed E-state index contributed by atoms with van der Waals surface area (Å²) in [4.78, 5) is 4.64. The molecule has 0 saturated heterocycles. The van der Waals surface area contributed by atoms with E-state index in [0.29, 0.717) is 12.0 Å². The first-order valence-electron chi connectivity index (χ1n) is 8.02. The molecule has 4 rings (SSSR count). The van der Waals surface area contributed by atoms with E-state index in [0.717, 1.165) is 17.5 Å². The molecule has 0 heterocycles. The van der Waals surface area contributed by atoms with Gasteiger partial charge in [-0.3, -0.25) is 0 Å². The fraction of sp³-hybridized carbons (Fsp3) is 0.588. The number of aryl methyl sites for hydroxylation is 2. The third-order valence-electron chi connectivity index (χ3n) is 5.24. The second-order valence-electron chi connectivity index (χ2n) is 6.63. The monoisotopic (exact) mass is 397 g/mol. The van der Waals surface area contributed by atoms with Crippen LogP contribution in [0.25, 0.3) is 0 Å². The summed E-state index contributed by atoms with van der Waals surface area (Å²) in [7, 11) is 0. The molecule has 0 radical (unpaired) electrons. The van der Waals surface area contributed by atoms with Crippen molar-refractivity contribution in [2.75, 3.05) is 5.32 Å². The quantitative estimate of drug-likeness (QED) is 0.464. The molecule has 1 aromatic carbocycles. The molecule has 4 heteroatoms. The molecular formula is C17H24IN3. The molecule has 2 atom stereocenters. The summed E-state index contributed by atoms with van der Waals surface area (Å²) in [6.07, 6.45) is 9.20. The smallest absolute Gasteiger partial charge is 0.193 e. The SMILES string of the molecule is I.NC(=N[C@@H]1C[C@H]1C1CCC1)Nc1ccc2c(c1)CCC2. The summed E-state index contributed by atoms with van der Waals surface area (Å²) in [5, 5.41) is 3.27. The highest BCUT2D eigenvalue weighted by molar-refractivity contribution is 14.0. The van der Waals surface area contributed by atoms with Crippen LogP contribution >= 0.6 is 24.0 Å². The van der Waals surface area contributed by atoms with Crippen LogP contribution in [0, 0.1) is 11.8 Å². The van der Waals surface area contributed by atoms with Gasteiger partial charge in [-0.05, 0) is 60.8 Å². The normalized spacial score (nSPS) is 27.5. The Hall–Kier alpha value is -0.780. The van der Waals surface area contributed by atoms with E-state index in [1.54, 1.807) is 0 Å². The lowest BCUT2D eigenvalue weighted by Crippen LogP contribution is -2.24. The fourth-order valence-electron chi connectivity index (χ4n) is 3.73. The van der Waals surface area contributed by atoms with Gasteiger partial charge < -0.3 is 11.1 Å². The highest BCUT2D eigenvalue weighted by Crippen LogP contribution is 2.48. The number of guanidine groups is 1. The summed E-state index contributed by atoms with van der Waals surface area (Å²) in [5.41, 5.74) is 10.1. The average Bonchev–Trinajstić information content (AvgIpc) is 2.92. The molecule has 2 fully saturated rings. The predicted octanol–water partition coefficient (Wildman–Crippen LogP) is 3.71. The standard InChI is InChI=1S/C17H23N3.HI/c18-17(20-16-10-15(16)12-4-2-5-12)19-14-8-7-11-3-1-6-13(11)9-14;/h7-9,12,15-16H,1-6,10H2,(H3,18,19,20);1H/t15-,16+;/m0./s1. The maximum absolute atomic E-state index is 6.05. The van der Waals surface area contributed by atoms with Crippen LogP contribution in [-0.2, 0) is 12.8 Å². The maximum Gasteiger partial charge on any atom is 0.193 e. The van der Waals surface area contributed by atoms with Crippen LogP contribution in [0.1, 0.15) is 43.2 Å². The van der Waals surface area contributed by atoms with Gasteiger partial charge in [0.1, 0.15) is 0 Å². The molecular weight excluding hydrogens is 373 g/mol. The molecule has 1 aromatic rings. The molecule has 0 amide bonds. The zero-order valence-corrected chi connectivity index (χ0v) is 14.7. The summed E-state index contributed by atoms with van der Waals surface area (Å²) in [5.74, 6) is 2.36. The van der Waals surface area contributed by atoms with Gasteiger partial charge >= 0.3 is 0 Å². The van der Waals surface area contributed by atoms with Gasteiger partial charge in [0.05, 0.1) is 6.04 Å². The van der Waals surface area contributed by atoms with E-state index in [1.807, 2.05) is 0 Å². The molecule has 0 unspecified atom stereocenters. The van der Waals surface area contributed by atoms with Gasteiger partial charge in [0.15, 0.2) is 5.96 Å². The van der Waals surface area contributed by atoms with Crippen LogP contribution in [0.5, 0.6) is 0 Å². The van der Waals surface area contributed by atoms with Crippen LogP contribution in [0.3, 0.4) is 0 Å². The Morgan fingerprint density at radius 3 is 2.71 bits per heavy atom. The van der Waals surface area contributed by atoms with E-state index in [2.05, 4.69) is 28.5 Å². The van der Waals surface area contributed by atoms with E-state index in [9.17, 15) is 0 Å². The molecule has 3 N–H and O–H groups in total. The highest BCUT2D eigenvalue weighted by Gasteiger charge is 2.45. The zero-order chi connectivity index (χ0) is 13.5. The Labute approximate surface area is 143 Å². The Kier molecular flexibility index (Phi) is 4.43. The van der Waals surface area contributed by atoms with E-state index < -0.39 is 0 Å². The van der Waals surface area contributed by atoms with Crippen LogP contribution in [-0.4, -0.2) is 12.0 Å². The van der Waals surface area contributed by atoms with Gasteiger partial charge in [0, 0.05) is 5.69 Å². The topological polar surface area (TPSA) is 50.4 Å². The van der Waals surface area contributed by atoms with Crippen molar-refractivity contribution < 1.29 is 0 Å². The third kappa shape index (κ3) is 3.20. The molecule has 3 aliphatic rings. The van der Waals surface area contributed by atoms with Gasteiger partial charge in [-0.15, -0.1) is 24.0 Å². The second-order valence-corrected chi connectivity index (χ2v) is 6.63. The Balaban J connectivity index is 0.00000132. The molecule has 0 spiro atoms. The molecule has 0 aliphatic heterocycles. The molecule has 0 bridgehead atoms. The lowest BCUT2D eigenvalue weighted by atomic mass is 9.81. The highest BCUT2D eigenvalue weighted by atomic mass is 127. The Bertz CT molecular complexity index is 551. The Morgan fingerprint density at radius 1 is 1.14 bits per heavy atom. The number of fused-ring (bicyclic) bond motifs is 1. The first-order valence-corrected chi connectivity index (χ1v) is 8.02. The number of rotatable bonds is 3. The van der Waals surface area contributed by atoms with Crippen molar-refractivity contribution in [3.05, 3.63) is 29.3 Å². The van der Waals surface area contributed by atoms with E-state index in [-0.39, 0.29) is 24.0 Å². The van der Waals surface area contributed by atoms with Gasteiger partial charge in [0.25, 0.3) is 0 Å². The summed E-state index contributed by atoms with van der Waals surface area (Å²) in [6, 6.07) is 7.08. The maximum atomic E-state index is 6.05. The molecule has 3 nitrogen and oxygen atoms in total. The number of nitrogens with one attached hydrogen (secondary N) is 1. The van der Waals surface area contributed by atoms with Crippen LogP contribution in [0.4, 0.5) is 5.69 Å². The summed E-state index contributed by atoms with van der Waals surface area (Å²) >= 11 is 0. The van der Waals surface area contributed by atoms with Crippen molar-refractivity contribution in [2.24, 2.45) is 22.6 Å². The number of benzene rings is 1. The van der Waals surface area contributed by atoms with Crippen molar-refractivity contribution in [3.8, 4) is 0 Å².